The number of carbonyl (C=O) groups excluding carboxylic acids is 6. The van der Waals surface area contributed by atoms with Gasteiger partial charge in [-0.15, -0.1) is 0 Å². The number of thiazole rings is 1. The Labute approximate surface area is 305 Å². The van der Waals surface area contributed by atoms with Gasteiger partial charge in [0, 0.05) is 25.0 Å². The molecule has 2 fully saturated rings. The second kappa shape index (κ2) is 16.4. The molecule has 5 rings (SSSR count). The molecule has 52 heavy (non-hydrogen) atoms. The van der Waals surface area contributed by atoms with Gasteiger partial charge in [-0.2, -0.15) is 0 Å². The van der Waals surface area contributed by atoms with Crippen LogP contribution in [-0.2, 0) is 28.7 Å². The maximum absolute atomic E-state index is 13.3. The van der Waals surface area contributed by atoms with E-state index >= 15 is 0 Å². The molecule has 4 N–H and O–H groups in total. The number of fused-ring (bicyclic) bond motifs is 1. The van der Waals surface area contributed by atoms with Crippen LogP contribution in [0.5, 0.6) is 0 Å². The Morgan fingerprint density at radius 1 is 0.750 bits per heavy atom. The number of rotatable bonds is 11. The predicted octanol–water partition coefficient (Wildman–Crippen LogP) is 3.68. The third kappa shape index (κ3) is 8.46. The van der Waals surface area contributed by atoms with Crippen LogP contribution in [0.4, 0.5) is 21.1 Å². The molecule has 2 aliphatic rings. The highest BCUT2D eigenvalue weighted by Gasteiger charge is 2.40. The molecule has 0 spiro atoms. The first kappa shape index (κ1) is 38.1. The minimum atomic E-state index is -0.822. The molecular formula is C35H46N8O8S. The lowest BCUT2D eigenvalue weighted by Crippen LogP contribution is -2.54. The molecule has 6 amide bonds. The summed E-state index contributed by atoms with van der Waals surface area (Å²) in [7, 11) is 2.47. The number of aromatic nitrogens is 2. The topological polar surface area (TPSA) is 193 Å². The van der Waals surface area contributed by atoms with Crippen molar-refractivity contribution < 1.29 is 38.2 Å². The summed E-state index contributed by atoms with van der Waals surface area (Å²) in [4.78, 5) is 86.1. The minimum absolute atomic E-state index is 0.198. The summed E-state index contributed by atoms with van der Waals surface area (Å²) < 4.78 is 11.2. The first-order valence-electron chi connectivity index (χ1n) is 17.3. The highest BCUT2D eigenvalue weighted by atomic mass is 32.1. The lowest BCUT2D eigenvalue weighted by atomic mass is 10.0. The standard InChI is InChI=1S/C35H46N8O8S/c1-19(2)27(39-34(48)50-5)31(46)42-15-7-9-23(42)29(44)36-22-13-11-21(12-14-22)25-17-41-18-26(38-33(41)52-25)37-30(45)24-10-8-16-43(24)32(47)28(20(3)4)40-35(49)51-6/h11-14,17-20,23-24,27-28H,7-10,15-16H2,1-6H3,(H,36,44)(H,37,45)(H,39,48)(H,40,49)/t23-,24-,27-,28-/m0/s1. The average Bonchev–Trinajstić information content (AvgIpc) is 3.93. The van der Waals surface area contributed by atoms with E-state index in [1.54, 1.807) is 18.3 Å². The molecule has 4 heterocycles. The van der Waals surface area contributed by atoms with Gasteiger partial charge in [-0.3, -0.25) is 23.6 Å². The number of hydrogen-bond acceptors (Lipinski definition) is 10. The van der Waals surface area contributed by atoms with Crippen molar-refractivity contribution in [2.24, 2.45) is 11.8 Å². The van der Waals surface area contributed by atoms with Crippen molar-refractivity contribution >= 4 is 63.6 Å². The van der Waals surface area contributed by atoms with Gasteiger partial charge in [-0.05, 0) is 55.2 Å². The third-order valence-corrected chi connectivity index (χ3v) is 10.3. The lowest BCUT2D eigenvalue weighted by Gasteiger charge is -2.30. The number of hydrogen-bond donors (Lipinski definition) is 4. The average molecular weight is 739 g/mol. The molecule has 0 saturated carbocycles. The summed E-state index contributed by atoms with van der Waals surface area (Å²) in [6, 6.07) is 4.34. The summed E-state index contributed by atoms with van der Waals surface area (Å²) in [5, 5.41) is 10.9. The smallest absolute Gasteiger partial charge is 0.407 e. The van der Waals surface area contributed by atoms with Crippen LogP contribution in [0.15, 0.2) is 36.7 Å². The van der Waals surface area contributed by atoms with Crippen molar-refractivity contribution in [2.45, 2.75) is 77.5 Å². The molecule has 2 saturated heterocycles. The molecule has 4 atom stereocenters. The first-order valence-corrected chi connectivity index (χ1v) is 18.1. The molecule has 3 aromatic rings. The van der Waals surface area contributed by atoms with E-state index in [0.717, 1.165) is 10.4 Å². The van der Waals surface area contributed by atoms with E-state index in [4.69, 9.17) is 0 Å². The molecular weight excluding hydrogens is 692 g/mol. The Hall–Kier alpha value is -5.19. The first-order chi connectivity index (χ1) is 24.8. The van der Waals surface area contributed by atoms with Gasteiger partial charge in [-0.1, -0.05) is 51.2 Å². The molecule has 0 bridgehead atoms. The number of nitrogens with zero attached hydrogens (tertiary/aromatic N) is 4. The molecule has 1 aromatic carbocycles. The van der Waals surface area contributed by atoms with Gasteiger partial charge in [0.1, 0.15) is 24.2 Å². The third-order valence-electron chi connectivity index (χ3n) is 9.30. The number of likely N-dealkylation sites (tertiary alicyclic amines) is 2. The van der Waals surface area contributed by atoms with Crippen LogP contribution >= 0.6 is 11.3 Å². The van der Waals surface area contributed by atoms with Gasteiger partial charge < -0.3 is 40.5 Å². The van der Waals surface area contributed by atoms with E-state index < -0.39 is 36.4 Å². The zero-order valence-electron chi connectivity index (χ0n) is 30.1. The fourth-order valence-corrected chi connectivity index (χ4v) is 7.48. The second-order valence-corrected chi connectivity index (χ2v) is 14.6. The summed E-state index contributed by atoms with van der Waals surface area (Å²) in [5.41, 5.74) is 1.47. The number of methoxy groups -OCH3 is 2. The maximum Gasteiger partial charge on any atom is 0.407 e. The number of ether oxygens (including phenoxy) is 2. The highest BCUT2D eigenvalue weighted by molar-refractivity contribution is 7.20. The number of alkyl carbamates (subject to hydrolysis) is 2. The van der Waals surface area contributed by atoms with E-state index in [1.165, 1.54) is 35.4 Å². The SMILES string of the molecule is COC(=O)N[C@H](C(=O)N1CCC[C@H]1C(=O)Nc1ccc(-c2cn3cc(NC(=O)[C@@H]4CCCN4C(=O)[C@@H](NC(=O)OC)C(C)C)nc3s2)cc1)C(C)C. The number of anilines is 2. The van der Waals surface area contributed by atoms with Gasteiger partial charge in [0.25, 0.3) is 0 Å². The van der Waals surface area contributed by atoms with Gasteiger partial charge in [0.2, 0.25) is 23.6 Å². The Kier molecular flexibility index (Phi) is 12.0. The monoisotopic (exact) mass is 738 g/mol. The molecule has 280 valence electrons. The van der Waals surface area contributed by atoms with E-state index in [9.17, 15) is 28.8 Å². The number of nitrogens with one attached hydrogen (secondary N) is 4. The van der Waals surface area contributed by atoms with Crippen molar-refractivity contribution in [1.82, 2.24) is 29.8 Å². The summed E-state index contributed by atoms with van der Waals surface area (Å²) in [6.07, 6.45) is 4.53. The van der Waals surface area contributed by atoms with E-state index in [0.29, 0.717) is 55.2 Å². The second-order valence-electron chi connectivity index (χ2n) is 13.6. The van der Waals surface area contributed by atoms with Crippen molar-refractivity contribution in [2.75, 3.05) is 37.9 Å². The molecule has 16 nitrogen and oxygen atoms in total. The number of amides is 6. The number of carbonyl (C=O) groups is 6. The van der Waals surface area contributed by atoms with Crippen LogP contribution in [0.2, 0.25) is 0 Å². The Morgan fingerprint density at radius 2 is 1.25 bits per heavy atom. The summed E-state index contributed by atoms with van der Waals surface area (Å²) >= 11 is 1.42. The number of imidazole rings is 1. The van der Waals surface area contributed by atoms with E-state index in [1.807, 2.05) is 50.4 Å². The van der Waals surface area contributed by atoms with Crippen LogP contribution in [0, 0.1) is 11.8 Å². The Balaban J connectivity index is 1.19. The zero-order chi connectivity index (χ0) is 37.7. The largest absolute Gasteiger partial charge is 0.453 e. The van der Waals surface area contributed by atoms with Crippen LogP contribution in [0.3, 0.4) is 0 Å². The maximum atomic E-state index is 13.3. The van der Waals surface area contributed by atoms with Crippen LogP contribution in [-0.4, -0.2) is 106 Å². The van der Waals surface area contributed by atoms with E-state index in [-0.39, 0.29) is 35.5 Å². The quantitative estimate of drug-likeness (QED) is 0.227. The lowest BCUT2D eigenvalue weighted by molar-refractivity contribution is -0.139. The molecule has 0 aliphatic carbocycles. The van der Waals surface area contributed by atoms with Gasteiger partial charge >= 0.3 is 12.2 Å². The van der Waals surface area contributed by atoms with Crippen molar-refractivity contribution in [3.63, 3.8) is 0 Å². The zero-order valence-corrected chi connectivity index (χ0v) is 31.0. The normalized spacial score (nSPS) is 18.3. The number of benzene rings is 1. The molecule has 0 unspecified atom stereocenters. The van der Waals surface area contributed by atoms with Crippen molar-refractivity contribution in [1.29, 1.82) is 0 Å². The fourth-order valence-electron chi connectivity index (χ4n) is 6.50. The minimum Gasteiger partial charge on any atom is -0.453 e. The molecule has 2 aromatic heterocycles. The fraction of sp³-hybridized carbons (Fsp3) is 0.514. The Morgan fingerprint density at radius 3 is 1.71 bits per heavy atom. The van der Waals surface area contributed by atoms with Gasteiger partial charge in [0.15, 0.2) is 10.8 Å². The van der Waals surface area contributed by atoms with Crippen LogP contribution < -0.4 is 21.3 Å². The molecule has 17 heteroatoms. The summed E-state index contributed by atoms with van der Waals surface area (Å²) in [5.74, 6) is -1.35. The van der Waals surface area contributed by atoms with Crippen LogP contribution in [0.1, 0.15) is 53.4 Å². The summed E-state index contributed by atoms with van der Waals surface area (Å²) in [6.45, 7) is 8.09. The van der Waals surface area contributed by atoms with Gasteiger partial charge in [0.05, 0.1) is 25.3 Å². The molecule has 0 radical (unpaired) electrons. The van der Waals surface area contributed by atoms with E-state index in [2.05, 4.69) is 35.7 Å². The van der Waals surface area contributed by atoms with Crippen LogP contribution in [0.25, 0.3) is 15.4 Å². The predicted molar refractivity (Wildman–Crippen MR) is 194 cm³/mol. The Bertz CT molecular complexity index is 1770. The van der Waals surface area contributed by atoms with Gasteiger partial charge in [-0.25, -0.2) is 14.6 Å². The van der Waals surface area contributed by atoms with Crippen molar-refractivity contribution in [3.05, 3.63) is 36.7 Å². The van der Waals surface area contributed by atoms with Crippen molar-refractivity contribution in [3.8, 4) is 10.4 Å². The molecule has 2 aliphatic heterocycles. The highest BCUT2D eigenvalue weighted by Crippen LogP contribution is 2.31.